The fourth-order valence-electron chi connectivity index (χ4n) is 4.28. The van der Waals surface area contributed by atoms with E-state index in [-0.39, 0.29) is 30.6 Å². The summed E-state index contributed by atoms with van der Waals surface area (Å²) >= 11 is 0. The van der Waals surface area contributed by atoms with Crippen LogP contribution in [0.15, 0.2) is 78.9 Å². The first kappa shape index (κ1) is 21.4. The molecule has 2 atom stereocenters. The van der Waals surface area contributed by atoms with E-state index in [1.807, 2.05) is 61.5 Å². The van der Waals surface area contributed by atoms with Gasteiger partial charge in [0.05, 0.1) is 6.04 Å². The number of carbonyl (C=O) groups is 2. The van der Waals surface area contributed by atoms with Gasteiger partial charge in [0.25, 0.3) is 5.91 Å². The number of nitrogen functional groups attached to an aromatic ring is 1. The zero-order valence-corrected chi connectivity index (χ0v) is 18.3. The van der Waals surface area contributed by atoms with Crippen molar-refractivity contribution < 1.29 is 14.3 Å². The highest BCUT2D eigenvalue weighted by molar-refractivity contribution is 6.07. The van der Waals surface area contributed by atoms with Gasteiger partial charge in [-0.15, -0.1) is 0 Å². The lowest BCUT2D eigenvalue weighted by Gasteiger charge is -2.42. The van der Waals surface area contributed by atoms with Gasteiger partial charge < -0.3 is 20.3 Å². The number of rotatable bonds is 4. The predicted octanol–water partition coefficient (Wildman–Crippen LogP) is 4.88. The summed E-state index contributed by atoms with van der Waals surface area (Å²) in [5.74, 6) is -0.0750. The third-order valence-corrected chi connectivity index (χ3v) is 5.87. The topological polar surface area (TPSA) is 75.9 Å². The van der Waals surface area contributed by atoms with Crippen LogP contribution in [0, 0.1) is 5.92 Å². The van der Waals surface area contributed by atoms with Gasteiger partial charge in [-0.3, -0.25) is 4.79 Å². The predicted molar refractivity (Wildman–Crippen MR) is 125 cm³/mol. The van der Waals surface area contributed by atoms with E-state index in [2.05, 4.69) is 0 Å². The average Bonchev–Trinajstić information content (AvgIpc) is 2.82. The molecule has 164 valence electrons. The quantitative estimate of drug-likeness (QED) is 0.600. The van der Waals surface area contributed by atoms with Crippen molar-refractivity contribution in [1.82, 2.24) is 4.90 Å². The minimum Gasteiger partial charge on any atom is -0.445 e. The third kappa shape index (κ3) is 4.30. The summed E-state index contributed by atoms with van der Waals surface area (Å²) in [5.41, 5.74) is 9.63. The highest BCUT2D eigenvalue weighted by Crippen LogP contribution is 2.41. The molecular weight excluding hydrogens is 402 g/mol. The van der Waals surface area contributed by atoms with Crippen molar-refractivity contribution in [3.05, 3.63) is 95.6 Å². The first-order valence-electron chi connectivity index (χ1n) is 10.7. The van der Waals surface area contributed by atoms with Crippen LogP contribution in [0.2, 0.25) is 0 Å². The maximum absolute atomic E-state index is 13.3. The van der Waals surface area contributed by atoms with E-state index in [4.69, 9.17) is 10.5 Å². The first-order valence-corrected chi connectivity index (χ1v) is 10.7. The molecule has 0 saturated carbocycles. The molecule has 6 nitrogen and oxygen atoms in total. The Morgan fingerprint density at radius 3 is 2.38 bits per heavy atom. The molecule has 0 spiro atoms. The number of carbonyl (C=O) groups excluding carboxylic acids is 2. The lowest BCUT2D eigenvalue weighted by Crippen LogP contribution is -2.46. The Bertz CT molecular complexity index is 1100. The lowest BCUT2D eigenvalue weighted by molar-refractivity contribution is 0.0783. The highest BCUT2D eigenvalue weighted by Gasteiger charge is 2.38. The number of anilines is 2. The molecule has 0 radical (unpaired) electrons. The fraction of sp³-hybridized carbons (Fsp3) is 0.231. The van der Waals surface area contributed by atoms with Crippen molar-refractivity contribution in [2.75, 3.05) is 24.2 Å². The Kier molecular flexibility index (Phi) is 6.12. The number of nitrogens with two attached hydrogens (primary N) is 1. The molecule has 4 rings (SSSR count). The van der Waals surface area contributed by atoms with Crippen LogP contribution in [0.1, 0.15) is 34.5 Å². The highest BCUT2D eigenvalue weighted by atomic mass is 16.6. The summed E-state index contributed by atoms with van der Waals surface area (Å²) in [7, 11) is 1.75. The van der Waals surface area contributed by atoms with E-state index < -0.39 is 0 Å². The molecule has 1 aliphatic heterocycles. The first-order chi connectivity index (χ1) is 15.5. The summed E-state index contributed by atoms with van der Waals surface area (Å²) in [6, 6.07) is 24.1. The van der Waals surface area contributed by atoms with Gasteiger partial charge in [-0.1, -0.05) is 55.5 Å². The molecule has 32 heavy (non-hydrogen) atoms. The number of amides is 2. The van der Waals surface area contributed by atoms with Crippen LogP contribution >= 0.6 is 0 Å². The van der Waals surface area contributed by atoms with Crippen LogP contribution in [0.25, 0.3) is 0 Å². The Balaban J connectivity index is 1.56. The molecule has 2 amide bonds. The monoisotopic (exact) mass is 429 g/mol. The van der Waals surface area contributed by atoms with Gasteiger partial charge in [0.1, 0.15) is 6.61 Å². The van der Waals surface area contributed by atoms with Gasteiger partial charge in [0, 0.05) is 30.5 Å². The SMILES string of the molecule is CC1CN(C(=O)c2ccc(N)cc2)c2ccccc2C1N(C)C(=O)OCc1ccccc1. The standard InChI is InChI=1S/C26H27N3O3/c1-18-16-29(25(30)20-12-14-21(27)15-13-20)23-11-7-6-10-22(23)24(18)28(2)26(31)32-17-19-8-4-3-5-9-19/h3-15,18,24H,16-17,27H2,1-2H3. The van der Waals surface area contributed by atoms with Crippen LogP contribution in [0.5, 0.6) is 0 Å². The van der Waals surface area contributed by atoms with Crippen LogP contribution in [-0.4, -0.2) is 30.5 Å². The van der Waals surface area contributed by atoms with E-state index in [0.717, 1.165) is 16.8 Å². The van der Waals surface area contributed by atoms with Crippen LogP contribution in [0.3, 0.4) is 0 Å². The third-order valence-electron chi connectivity index (χ3n) is 5.87. The lowest BCUT2D eigenvalue weighted by atomic mass is 9.87. The summed E-state index contributed by atoms with van der Waals surface area (Å²) in [6.07, 6.45) is -0.390. The fourth-order valence-corrected chi connectivity index (χ4v) is 4.28. The molecule has 3 aromatic rings. The smallest absolute Gasteiger partial charge is 0.410 e. The molecule has 0 fully saturated rings. The minimum absolute atomic E-state index is 0.0110. The van der Waals surface area contributed by atoms with Crippen LogP contribution in [-0.2, 0) is 11.3 Å². The molecule has 3 aromatic carbocycles. The molecule has 2 unspecified atom stereocenters. The largest absolute Gasteiger partial charge is 0.445 e. The summed E-state index contributed by atoms with van der Waals surface area (Å²) < 4.78 is 5.56. The number of nitrogens with zero attached hydrogens (tertiary/aromatic N) is 2. The van der Waals surface area contributed by atoms with E-state index in [9.17, 15) is 9.59 Å². The van der Waals surface area contributed by atoms with Gasteiger partial charge in [-0.25, -0.2) is 4.79 Å². The minimum atomic E-state index is -0.390. The number of benzene rings is 3. The molecule has 1 heterocycles. The number of hydrogen-bond acceptors (Lipinski definition) is 4. The Morgan fingerprint density at radius 1 is 1.00 bits per heavy atom. The second-order valence-electron chi connectivity index (χ2n) is 8.17. The van der Waals surface area contributed by atoms with Crippen molar-refractivity contribution in [3.63, 3.8) is 0 Å². The Morgan fingerprint density at radius 2 is 1.66 bits per heavy atom. The molecule has 2 N–H and O–H groups in total. The normalized spacial score (nSPS) is 17.4. The number of fused-ring (bicyclic) bond motifs is 1. The van der Waals surface area contributed by atoms with Crippen molar-refractivity contribution >= 4 is 23.4 Å². The summed E-state index contributed by atoms with van der Waals surface area (Å²) in [6.45, 7) is 2.75. The molecule has 0 saturated heterocycles. The summed E-state index contributed by atoms with van der Waals surface area (Å²) in [5, 5.41) is 0. The number of ether oxygens (including phenoxy) is 1. The van der Waals surface area contributed by atoms with Crippen LogP contribution < -0.4 is 10.6 Å². The molecule has 0 bridgehead atoms. The van der Waals surface area contributed by atoms with Gasteiger partial charge in [-0.2, -0.15) is 0 Å². The second-order valence-corrected chi connectivity index (χ2v) is 8.17. The van der Waals surface area contributed by atoms with Gasteiger partial charge in [0.2, 0.25) is 0 Å². The van der Waals surface area contributed by atoms with E-state index in [0.29, 0.717) is 17.8 Å². The number of para-hydroxylation sites is 1. The van der Waals surface area contributed by atoms with Crippen molar-refractivity contribution in [2.24, 2.45) is 5.92 Å². The van der Waals surface area contributed by atoms with E-state index in [1.54, 1.807) is 41.1 Å². The molecule has 6 heteroatoms. The summed E-state index contributed by atoms with van der Waals surface area (Å²) in [4.78, 5) is 29.5. The van der Waals surface area contributed by atoms with Gasteiger partial charge in [0.15, 0.2) is 0 Å². The van der Waals surface area contributed by atoms with Crippen molar-refractivity contribution in [3.8, 4) is 0 Å². The molecular formula is C26H27N3O3. The maximum atomic E-state index is 13.3. The Labute approximate surface area is 188 Å². The molecule has 0 aromatic heterocycles. The Hall–Kier alpha value is -3.80. The maximum Gasteiger partial charge on any atom is 0.410 e. The van der Waals surface area contributed by atoms with Crippen LogP contribution in [0.4, 0.5) is 16.2 Å². The van der Waals surface area contributed by atoms with Crippen molar-refractivity contribution in [1.29, 1.82) is 0 Å². The second kappa shape index (κ2) is 9.14. The average molecular weight is 430 g/mol. The van der Waals surface area contributed by atoms with E-state index >= 15 is 0 Å². The molecule has 0 aliphatic carbocycles. The van der Waals surface area contributed by atoms with Gasteiger partial charge >= 0.3 is 6.09 Å². The zero-order valence-electron chi connectivity index (χ0n) is 18.3. The number of hydrogen-bond donors (Lipinski definition) is 1. The zero-order chi connectivity index (χ0) is 22.7. The molecule has 1 aliphatic rings. The van der Waals surface area contributed by atoms with Gasteiger partial charge in [-0.05, 0) is 47.4 Å². The van der Waals surface area contributed by atoms with E-state index in [1.165, 1.54) is 0 Å². The van der Waals surface area contributed by atoms with Crippen molar-refractivity contribution in [2.45, 2.75) is 19.6 Å².